The van der Waals surface area contributed by atoms with Crippen LogP contribution in [0.1, 0.15) is 31.4 Å². The van der Waals surface area contributed by atoms with Gasteiger partial charge in [-0.25, -0.2) is 0 Å². The van der Waals surface area contributed by atoms with Gasteiger partial charge in [-0.2, -0.15) is 10.2 Å². The van der Waals surface area contributed by atoms with Gasteiger partial charge in [-0.3, -0.25) is 4.79 Å². The quantitative estimate of drug-likeness (QED) is 0.662. The van der Waals surface area contributed by atoms with E-state index in [1.54, 1.807) is 12.3 Å². The molecule has 16 heavy (non-hydrogen) atoms. The number of carbonyl (C=O) groups excluding carboxylic acids is 1. The maximum absolute atomic E-state index is 11.4. The van der Waals surface area contributed by atoms with E-state index in [0.717, 1.165) is 25.0 Å². The molecule has 88 valence electrons. The number of nitrogens with two attached hydrogens (primary N) is 1. The zero-order chi connectivity index (χ0) is 11.6. The van der Waals surface area contributed by atoms with Crippen LogP contribution in [-0.4, -0.2) is 22.6 Å². The van der Waals surface area contributed by atoms with Crippen molar-refractivity contribution < 1.29 is 4.79 Å². The summed E-state index contributed by atoms with van der Waals surface area (Å²) >= 11 is 0. The fourth-order valence-corrected chi connectivity index (χ4v) is 1.31. The van der Waals surface area contributed by atoms with Gasteiger partial charge in [0.1, 0.15) is 0 Å². The number of hydrogen-bond donors (Lipinski definition) is 2. The number of nitrogens with one attached hydrogen (secondary N) is 1. The first kappa shape index (κ1) is 12.6. The Bertz CT molecular complexity index is 302. The molecule has 0 aliphatic heterocycles. The number of amides is 1. The van der Waals surface area contributed by atoms with Gasteiger partial charge in [0.15, 0.2) is 0 Å². The van der Waals surface area contributed by atoms with E-state index >= 15 is 0 Å². The molecule has 3 N–H and O–H groups in total. The molecule has 1 aromatic rings. The Labute approximate surface area is 95.4 Å². The Kier molecular flexibility index (Phi) is 6.10. The van der Waals surface area contributed by atoms with Crippen LogP contribution in [-0.2, 0) is 11.3 Å². The van der Waals surface area contributed by atoms with Crippen molar-refractivity contribution in [3.8, 4) is 0 Å². The van der Waals surface area contributed by atoms with Gasteiger partial charge in [0.25, 0.3) is 0 Å². The molecule has 0 saturated carbocycles. The van der Waals surface area contributed by atoms with Crippen LogP contribution >= 0.6 is 0 Å². The summed E-state index contributed by atoms with van der Waals surface area (Å²) in [7, 11) is 0. The largest absolute Gasteiger partial charge is 0.350 e. The average molecular weight is 222 g/mol. The van der Waals surface area contributed by atoms with E-state index in [9.17, 15) is 4.79 Å². The van der Waals surface area contributed by atoms with E-state index in [0.29, 0.717) is 19.5 Å². The summed E-state index contributed by atoms with van der Waals surface area (Å²) in [5.74, 6) is 0.0580. The molecule has 0 saturated heterocycles. The van der Waals surface area contributed by atoms with E-state index < -0.39 is 0 Å². The second-order valence-electron chi connectivity index (χ2n) is 3.59. The number of rotatable bonds is 7. The fraction of sp³-hybridized carbons (Fsp3) is 0.545. The first-order valence-corrected chi connectivity index (χ1v) is 5.56. The second-order valence-corrected chi connectivity index (χ2v) is 3.59. The molecule has 0 radical (unpaired) electrons. The summed E-state index contributed by atoms with van der Waals surface area (Å²) in [6.45, 7) is 1.14. The molecule has 0 aromatic carbocycles. The van der Waals surface area contributed by atoms with E-state index in [4.69, 9.17) is 5.73 Å². The Morgan fingerprint density at radius 2 is 2.25 bits per heavy atom. The third kappa shape index (κ3) is 5.41. The molecule has 1 amide bonds. The lowest BCUT2D eigenvalue weighted by Gasteiger charge is -2.03. The molecule has 0 bridgehead atoms. The number of hydrogen-bond acceptors (Lipinski definition) is 4. The smallest absolute Gasteiger partial charge is 0.220 e. The van der Waals surface area contributed by atoms with Crippen LogP contribution in [0.5, 0.6) is 0 Å². The molecular formula is C11H18N4O. The Morgan fingerprint density at radius 3 is 2.94 bits per heavy atom. The minimum Gasteiger partial charge on any atom is -0.350 e. The maximum Gasteiger partial charge on any atom is 0.220 e. The molecule has 0 aliphatic rings. The van der Waals surface area contributed by atoms with E-state index in [1.165, 1.54) is 0 Å². The predicted molar refractivity (Wildman–Crippen MR) is 61.4 cm³/mol. The minimum absolute atomic E-state index is 0.0580. The number of nitrogens with zero attached hydrogens (tertiary/aromatic N) is 2. The topological polar surface area (TPSA) is 80.9 Å². The van der Waals surface area contributed by atoms with Crippen LogP contribution < -0.4 is 11.1 Å². The van der Waals surface area contributed by atoms with Crippen molar-refractivity contribution in [2.75, 3.05) is 6.54 Å². The predicted octanol–water partition coefficient (Wildman–Crippen LogP) is 0.612. The molecule has 1 aromatic heterocycles. The molecule has 5 heteroatoms. The summed E-state index contributed by atoms with van der Waals surface area (Å²) in [4.78, 5) is 11.4. The van der Waals surface area contributed by atoms with Crippen LogP contribution in [0.4, 0.5) is 0 Å². The van der Waals surface area contributed by atoms with Gasteiger partial charge in [0.05, 0.1) is 12.2 Å². The minimum atomic E-state index is 0.0580. The lowest BCUT2D eigenvalue weighted by atomic mass is 10.2. The van der Waals surface area contributed by atoms with Crippen molar-refractivity contribution >= 4 is 5.91 Å². The van der Waals surface area contributed by atoms with Crippen molar-refractivity contribution in [3.05, 3.63) is 24.0 Å². The van der Waals surface area contributed by atoms with Gasteiger partial charge < -0.3 is 11.1 Å². The first-order chi connectivity index (χ1) is 7.83. The standard InChI is InChI=1S/C11H18N4O/c12-7-3-1-2-6-11(16)13-9-10-5-4-8-14-15-10/h4-5,8H,1-3,6-7,9,12H2,(H,13,16). The van der Waals surface area contributed by atoms with Crippen molar-refractivity contribution in [3.63, 3.8) is 0 Å². The SMILES string of the molecule is NCCCCCC(=O)NCc1cccnn1. The molecule has 0 fully saturated rings. The number of aromatic nitrogens is 2. The lowest BCUT2D eigenvalue weighted by Crippen LogP contribution is -2.23. The maximum atomic E-state index is 11.4. The highest BCUT2D eigenvalue weighted by molar-refractivity contribution is 5.75. The highest BCUT2D eigenvalue weighted by Gasteiger charge is 2.01. The van der Waals surface area contributed by atoms with Gasteiger partial charge in [-0.1, -0.05) is 6.42 Å². The molecule has 5 nitrogen and oxygen atoms in total. The summed E-state index contributed by atoms with van der Waals surface area (Å²) in [5, 5.41) is 10.4. The van der Waals surface area contributed by atoms with Crippen LogP contribution in [0, 0.1) is 0 Å². The van der Waals surface area contributed by atoms with Crippen LogP contribution in [0.25, 0.3) is 0 Å². The van der Waals surface area contributed by atoms with Crippen molar-refractivity contribution in [2.45, 2.75) is 32.2 Å². The summed E-state index contributed by atoms with van der Waals surface area (Å²) < 4.78 is 0. The molecule has 0 unspecified atom stereocenters. The average Bonchev–Trinajstić information content (AvgIpc) is 2.33. The third-order valence-electron chi connectivity index (χ3n) is 2.20. The van der Waals surface area contributed by atoms with E-state index in [1.807, 2.05) is 6.07 Å². The van der Waals surface area contributed by atoms with Crippen molar-refractivity contribution in [1.29, 1.82) is 0 Å². The fourth-order valence-electron chi connectivity index (χ4n) is 1.31. The highest BCUT2D eigenvalue weighted by Crippen LogP contribution is 1.98. The Hall–Kier alpha value is -1.49. The molecule has 1 heterocycles. The summed E-state index contributed by atoms with van der Waals surface area (Å²) in [5.41, 5.74) is 6.14. The molecule has 1 rings (SSSR count). The molecule has 0 atom stereocenters. The van der Waals surface area contributed by atoms with Gasteiger partial charge >= 0.3 is 0 Å². The lowest BCUT2D eigenvalue weighted by molar-refractivity contribution is -0.121. The van der Waals surface area contributed by atoms with Gasteiger partial charge in [0.2, 0.25) is 5.91 Å². The first-order valence-electron chi connectivity index (χ1n) is 5.56. The second kappa shape index (κ2) is 7.76. The summed E-state index contributed by atoms with van der Waals surface area (Å²) in [6.07, 6.45) is 5.05. The normalized spacial score (nSPS) is 10.1. The third-order valence-corrected chi connectivity index (χ3v) is 2.20. The van der Waals surface area contributed by atoms with Crippen LogP contribution in [0.3, 0.4) is 0 Å². The van der Waals surface area contributed by atoms with Gasteiger partial charge in [0, 0.05) is 12.6 Å². The van der Waals surface area contributed by atoms with Gasteiger partial charge in [-0.15, -0.1) is 0 Å². The molecule has 0 aliphatic carbocycles. The molecule has 0 spiro atoms. The zero-order valence-electron chi connectivity index (χ0n) is 9.35. The van der Waals surface area contributed by atoms with Gasteiger partial charge in [-0.05, 0) is 31.5 Å². The Morgan fingerprint density at radius 1 is 1.38 bits per heavy atom. The number of unbranched alkanes of at least 4 members (excludes halogenated alkanes) is 2. The van der Waals surface area contributed by atoms with Crippen molar-refractivity contribution in [2.24, 2.45) is 5.73 Å². The van der Waals surface area contributed by atoms with E-state index in [2.05, 4.69) is 15.5 Å². The van der Waals surface area contributed by atoms with Crippen LogP contribution in [0.2, 0.25) is 0 Å². The summed E-state index contributed by atoms with van der Waals surface area (Å²) in [6, 6.07) is 3.64. The van der Waals surface area contributed by atoms with E-state index in [-0.39, 0.29) is 5.91 Å². The van der Waals surface area contributed by atoms with Crippen molar-refractivity contribution in [1.82, 2.24) is 15.5 Å². The van der Waals surface area contributed by atoms with Crippen LogP contribution in [0.15, 0.2) is 18.3 Å². The monoisotopic (exact) mass is 222 g/mol. The highest BCUT2D eigenvalue weighted by atomic mass is 16.1. The zero-order valence-corrected chi connectivity index (χ0v) is 9.35. The molecular weight excluding hydrogens is 204 g/mol. The Balaban J connectivity index is 2.11. The number of carbonyl (C=O) groups is 1.